The Balaban J connectivity index is 2.48. The average Bonchev–Trinajstić information content (AvgIpc) is 2.79. The SMILES string of the molecule is COC(=O)c1ccc2nc(C(=O)OC)[nH]c2c1. The predicted octanol–water partition coefficient (Wildman–Crippen LogP) is 1.14. The molecular formula is C11H10N2O4. The molecule has 2 rings (SSSR count). The van der Waals surface area contributed by atoms with E-state index in [1.165, 1.54) is 14.2 Å². The van der Waals surface area contributed by atoms with Crippen molar-refractivity contribution in [2.24, 2.45) is 0 Å². The molecule has 6 nitrogen and oxygen atoms in total. The van der Waals surface area contributed by atoms with E-state index in [2.05, 4.69) is 19.4 Å². The lowest BCUT2D eigenvalue weighted by Gasteiger charge is -1.97. The van der Waals surface area contributed by atoms with Crippen molar-refractivity contribution in [2.45, 2.75) is 0 Å². The van der Waals surface area contributed by atoms with Crippen LogP contribution in [0, 0.1) is 0 Å². The van der Waals surface area contributed by atoms with E-state index >= 15 is 0 Å². The highest BCUT2D eigenvalue weighted by atomic mass is 16.5. The van der Waals surface area contributed by atoms with Gasteiger partial charge in [-0.25, -0.2) is 14.6 Å². The maximum atomic E-state index is 11.3. The lowest BCUT2D eigenvalue weighted by Crippen LogP contribution is -2.02. The number of carbonyl (C=O) groups excluding carboxylic acids is 2. The van der Waals surface area contributed by atoms with Crippen LogP contribution in [0.4, 0.5) is 0 Å². The van der Waals surface area contributed by atoms with Crippen molar-refractivity contribution in [3.8, 4) is 0 Å². The summed E-state index contributed by atoms with van der Waals surface area (Å²) in [5.41, 5.74) is 1.55. The number of ether oxygens (including phenoxy) is 2. The quantitative estimate of drug-likeness (QED) is 0.788. The van der Waals surface area contributed by atoms with Crippen molar-refractivity contribution in [1.82, 2.24) is 9.97 Å². The van der Waals surface area contributed by atoms with E-state index in [0.29, 0.717) is 16.6 Å². The van der Waals surface area contributed by atoms with Crippen molar-refractivity contribution >= 4 is 23.0 Å². The number of nitrogens with zero attached hydrogens (tertiary/aromatic N) is 1. The first kappa shape index (κ1) is 11.1. The molecule has 0 aliphatic carbocycles. The fourth-order valence-electron chi connectivity index (χ4n) is 1.45. The van der Waals surface area contributed by atoms with E-state index in [0.717, 1.165) is 0 Å². The average molecular weight is 234 g/mol. The van der Waals surface area contributed by atoms with Gasteiger partial charge in [-0.1, -0.05) is 0 Å². The van der Waals surface area contributed by atoms with Gasteiger partial charge in [0.05, 0.1) is 30.8 Å². The van der Waals surface area contributed by atoms with Gasteiger partial charge in [0, 0.05) is 0 Å². The molecule has 0 fully saturated rings. The number of nitrogens with one attached hydrogen (secondary N) is 1. The third-order valence-electron chi connectivity index (χ3n) is 2.28. The van der Waals surface area contributed by atoms with Crippen LogP contribution in [0.2, 0.25) is 0 Å². The number of fused-ring (bicyclic) bond motifs is 1. The number of rotatable bonds is 2. The third-order valence-corrected chi connectivity index (χ3v) is 2.28. The lowest BCUT2D eigenvalue weighted by atomic mass is 10.2. The van der Waals surface area contributed by atoms with Gasteiger partial charge in [0.2, 0.25) is 5.82 Å². The minimum absolute atomic E-state index is 0.101. The summed E-state index contributed by atoms with van der Waals surface area (Å²) in [6.45, 7) is 0. The van der Waals surface area contributed by atoms with E-state index in [4.69, 9.17) is 0 Å². The summed E-state index contributed by atoms with van der Waals surface area (Å²) in [4.78, 5) is 29.4. The number of imidazole rings is 1. The topological polar surface area (TPSA) is 81.3 Å². The molecule has 88 valence electrons. The van der Waals surface area contributed by atoms with Crippen molar-refractivity contribution < 1.29 is 19.1 Å². The highest BCUT2D eigenvalue weighted by Gasteiger charge is 2.13. The summed E-state index contributed by atoms with van der Waals surface area (Å²) in [6, 6.07) is 4.78. The van der Waals surface area contributed by atoms with E-state index in [1.54, 1.807) is 18.2 Å². The molecule has 2 aromatic rings. The van der Waals surface area contributed by atoms with E-state index in [1.807, 2.05) is 0 Å². The molecule has 1 heterocycles. The zero-order valence-electron chi connectivity index (χ0n) is 9.31. The van der Waals surface area contributed by atoms with Gasteiger partial charge < -0.3 is 14.5 Å². The fraction of sp³-hybridized carbons (Fsp3) is 0.182. The number of hydrogen-bond donors (Lipinski definition) is 1. The molecule has 1 aromatic heterocycles. The third kappa shape index (κ3) is 1.96. The number of aromatic nitrogens is 2. The Morgan fingerprint density at radius 2 is 1.88 bits per heavy atom. The maximum Gasteiger partial charge on any atom is 0.374 e. The second-order valence-electron chi connectivity index (χ2n) is 3.30. The van der Waals surface area contributed by atoms with Crippen LogP contribution >= 0.6 is 0 Å². The van der Waals surface area contributed by atoms with Gasteiger partial charge >= 0.3 is 11.9 Å². The Morgan fingerprint density at radius 1 is 1.18 bits per heavy atom. The van der Waals surface area contributed by atoms with Crippen molar-refractivity contribution in [3.63, 3.8) is 0 Å². The molecular weight excluding hydrogens is 224 g/mol. The first-order chi connectivity index (χ1) is 8.15. The number of H-pyrrole nitrogens is 1. The summed E-state index contributed by atoms with van der Waals surface area (Å²) in [5, 5.41) is 0. The maximum absolute atomic E-state index is 11.3. The second kappa shape index (κ2) is 4.25. The molecule has 0 unspecified atom stereocenters. The molecule has 0 aliphatic rings. The number of carbonyl (C=O) groups is 2. The Bertz CT molecular complexity index is 574. The van der Waals surface area contributed by atoms with Crippen LogP contribution < -0.4 is 0 Å². The first-order valence-corrected chi connectivity index (χ1v) is 4.82. The predicted molar refractivity (Wildman–Crippen MR) is 58.8 cm³/mol. The normalized spacial score (nSPS) is 10.2. The highest BCUT2D eigenvalue weighted by molar-refractivity contribution is 5.95. The van der Waals surface area contributed by atoms with Gasteiger partial charge in [-0.05, 0) is 18.2 Å². The van der Waals surface area contributed by atoms with Gasteiger partial charge in [-0.3, -0.25) is 0 Å². The standard InChI is InChI=1S/C11H10N2O4/c1-16-10(14)6-3-4-7-8(5-6)13-9(12-7)11(15)17-2/h3-5H,1-2H3,(H,12,13). The van der Waals surface area contributed by atoms with E-state index < -0.39 is 11.9 Å². The highest BCUT2D eigenvalue weighted by Crippen LogP contribution is 2.14. The van der Waals surface area contributed by atoms with Crippen molar-refractivity contribution in [1.29, 1.82) is 0 Å². The minimum atomic E-state index is -0.555. The van der Waals surface area contributed by atoms with E-state index in [-0.39, 0.29) is 5.82 Å². The first-order valence-electron chi connectivity index (χ1n) is 4.82. The monoisotopic (exact) mass is 234 g/mol. The molecule has 0 bridgehead atoms. The summed E-state index contributed by atoms with van der Waals surface area (Å²) in [5.74, 6) is -0.897. The van der Waals surface area contributed by atoms with Crippen LogP contribution in [0.1, 0.15) is 21.0 Å². The van der Waals surface area contributed by atoms with Gasteiger partial charge in [0.15, 0.2) is 0 Å². The summed E-state index contributed by atoms with van der Waals surface area (Å²) in [6.07, 6.45) is 0. The van der Waals surface area contributed by atoms with Crippen LogP contribution in [-0.2, 0) is 9.47 Å². The van der Waals surface area contributed by atoms with Crippen LogP contribution in [0.15, 0.2) is 18.2 Å². The molecule has 17 heavy (non-hydrogen) atoms. The summed E-state index contributed by atoms with van der Waals surface area (Å²) in [7, 11) is 2.58. The number of benzene rings is 1. The number of methoxy groups -OCH3 is 2. The number of esters is 2. The Hall–Kier alpha value is -2.37. The second-order valence-corrected chi connectivity index (χ2v) is 3.30. The van der Waals surface area contributed by atoms with Gasteiger partial charge in [-0.2, -0.15) is 0 Å². The van der Waals surface area contributed by atoms with Gasteiger partial charge in [-0.15, -0.1) is 0 Å². The van der Waals surface area contributed by atoms with Crippen LogP contribution in [0.5, 0.6) is 0 Å². The van der Waals surface area contributed by atoms with Crippen LogP contribution in [0.25, 0.3) is 11.0 Å². The molecule has 0 spiro atoms. The van der Waals surface area contributed by atoms with Crippen LogP contribution in [0.3, 0.4) is 0 Å². The number of aromatic amines is 1. The molecule has 0 amide bonds. The van der Waals surface area contributed by atoms with Crippen molar-refractivity contribution in [2.75, 3.05) is 14.2 Å². The molecule has 0 saturated heterocycles. The molecule has 6 heteroatoms. The van der Waals surface area contributed by atoms with Gasteiger partial charge in [0.25, 0.3) is 0 Å². The Kier molecular flexibility index (Phi) is 2.78. The zero-order valence-corrected chi connectivity index (χ0v) is 9.31. The minimum Gasteiger partial charge on any atom is -0.465 e. The fourth-order valence-corrected chi connectivity index (χ4v) is 1.45. The van der Waals surface area contributed by atoms with Crippen molar-refractivity contribution in [3.05, 3.63) is 29.6 Å². The smallest absolute Gasteiger partial charge is 0.374 e. The number of hydrogen-bond acceptors (Lipinski definition) is 5. The molecule has 0 saturated carbocycles. The van der Waals surface area contributed by atoms with Gasteiger partial charge in [0.1, 0.15) is 0 Å². The molecule has 1 aromatic carbocycles. The largest absolute Gasteiger partial charge is 0.465 e. The zero-order chi connectivity index (χ0) is 12.4. The molecule has 0 atom stereocenters. The molecule has 0 aliphatic heterocycles. The molecule has 0 radical (unpaired) electrons. The summed E-state index contributed by atoms with van der Waals surface area (Å²) >= 11 is 0. The Labute approximate surface area is 96.6 Å². The lowest BCUT2D eigenvalue weighted by molar-refractivity contribution is 0.0584. The molecule has 1 N–H and O–H groups in total. The summed E-state index contributed by atoms with van der Waals surface area (Å²) < 4.78 is 9.14. The Morgan fingerprint density at radius 3 is 2.53 bits per heavy atom. The van der Waals surface area contributed by atoms with E-state index in [9.17, 15) is 9.59 Å². The van der Waals surface area contributed by atoms with Crippen LogP contribution in [-0.4, -0.2) is 36.1 Å².